The predicted octanol–water partition coefficient (Wildman–Crippen LogP) is 1.06. The molecule has 0 saturated carbocycles. The molecular formula is C14H20N4O2S. The summed E-state index contributed by atoms with van der Waals surface area (Å²) in [4.78, 5) is 18.5. The second-order valence-corrected chi connectivity index (χ2v) is 5.53. The van der Waals surface area contributed by atoms with Crippen LogP contribution in [0, 0.1) is 0 Å². The Balaban J connectivity index is 1.96. The van der Waals surface area contributed by atoms with Gasteiger partial charge in [0.2, 0.25) is 0 Å². The summed E-state index contributed by atoms with van der Waals surface area (Å²) in [5.41, 5.74) is 6.51. The lowest BCUT2D eigenvalue weighted by Crippen LogP contribution is -2.45. The number of urea groups is 1. The number of carbonyl (C=O) groups excluding carboxylic acids is 1. The highest BCUT2D eigenvalue weighted by Crippen LogP contribution is 2.08. The number of thiocarbonyl (C=S) groups is 1. The van der Waals surface area contributed by atoms with Gasteiger partial charge in [0.05, 0.1) is 17.6 Å². The molecule has 0 aromatic carbocycles. The van der Waals surface area contributed by atoms with E-state index < -0.39 is 0 Å². The molecule has 1 fully saturated rings. The molecule has 7 heteroatoms. The normalized spacial score (nSPS) is 17.4. The molecule has 2 rings (SSSR count). The number of nitrogens with zero attached hydrogens (tertiary/aromatic N) is 2. The van der Waals surface area contributed by atoms with Gasteiger partial charge in [-0.1, -0.05) is 18.3 Å². The van der Waals surface area contributed by atoms with Crippen molar-refractivity contribution in [2.45, 2.75) is 25.4 Å². The van der Waals surface area contributed by atoms with E-state index in [1.807, 2.05) is 12.1 Å². The van der Waals surface area contributed by atoms with Crippen LogP contribution in [0.5, 0.6) is 0 Å². The number of ether oxygens (including phenoxy) is 1. The molecule has 2 amide bonds. The summed E-state index contributed by atoms with van der Waals surface area (Å²) < 4.78 is 5.27. The van der Waals surface area contributed by atoms with Crippen molar-refractivity contribution in [3.8, 4) is 0 Å². The van der Waals surface area contributed by atoms with Crippen molar-refractivity contribution in [1.29, 1.82) is 0 Å². The fraction of sp³-hybridized carbons (Fsp3) is 0.500. The second-order valence-electron chi connectivity index (χ2n) is 5.01. The first-order valence-corrected chi connectivity index (χ1v) is 7.36. The molecule has 0 aliphatic carbocycles. The Labute approximate surface area is 129 Å². The highest BCUT2D eigenvalue weighted by atomic mass is 32.1. The van der Waals surface area contributed by atoms with Crippen LogP contribution in [-0.2, 0) is 11.3 Å². The van der Waals surface area contributed by atoms with Crippen molar-refractivity contribution in [2.75, 3.05) is 19.8 Å². The van der Waals surface area contributed by atoms with E-state index in [1.165, 1.54) is 0 Å². The maximum Gasteiger partial charge on any atom is 0.318 e. The number of hydrogen-bond acceptors (Lipinski definition) is 4. The minimum Gasteiger partial charge on any atom is -0.393 e. The molecule has 1 aromatic rings. The molecule has 1 atom stereocenters. The Kier molecular flexibility index (Phi) is 5.89. The second kappa shape index (κ2) is 7.90. The van der Waals surface area contributed by atoms with Gasteiger partial charge in [-0.05, 0) is 18.1 Å². The summed E-state index contributed by atoms with van der Waals surface area (Å²) in [5.74, 6) is 0. The van der Waals surface area contributed by atoms with Crippen molar-refractivity contribution in [3.63, 3.8) is 0 Å². The van der Waals surface area contributed by atoms with Crippen LogP contribution in [0.1, 0.15) is 18.4 Å². The molecule has 1 saturated heterocycles. The fourth-order valence-corrected chi connectivity index (χ4v) is 2.22. The maximum atomic E-state index is 12.4. The number of hydrogen-bond donors (Lipinski definition) is 2. The average Bonchev–Trinajstić information content (AvgIpc) is 2.97. The van der Waals surface area contributed by atoms with Gasteiger partial charge in [-0.3, -0.25) is 4.98 Å². The molecule has 114 valence electrons. The smallest absolute Gasteiger partial charge is 0.318 e. The molecule has 21 heavy (non-hydrogen) atoms. The Hall–Kier alpha value is -1.73. The van der Waals surface area contributed by atoms with Gasteiger partial charge in [-0.25, -0.2) is 4.79 Å². The quantitative estimate of drug-likeness (QED) is 0.768. The van der Waals surface area contributed by atoms with E-state index in [1.54, 1.807) is 17.3 Å². The monoisotopic (exact) mass is 308 g/mol. The largest absolute Gasteiger partial charge is 0.393 e. The minimum absolute atomic E-state index is 0.0822. The summed E-state index contributed by atoms with van der Waals surface area (Å²) in [6.45, 7) is 2.24. The van der Waals surface area contributed by atoms with Crippen molar-refractivity contribution < 1.29 is 9.53 Å². The predicted molar refractivity (Wildman–Crippen MR) is 83.8 cm³/mol. The van der Waals surface area contributed by atoms with E-state index in [0.29, 0.717) is 37.7 Å². The van der Waals surface area contributed by atoms with Crippen LogP contribution in [-0.4, -0.2) is 46.7 Å². The van der Waals surface area contributed by atoms with Gasteiger partial charge in [0.15, 0.2) is 0 Å². The highest BCUT2D eigenvalue weighted by Gasteiger charge is 2.21. The number of nitrogens with one attached hydrogen (secondary N) is 1. The van der Waals surface area contributed by atoms with E-state index in [-0.39, 0.29) is 12.1 Å². The number of amides is 2. The molecule has 6 nitrogen and oxygen atoms in total. The summed E-state index contributed by atoms with van der Waals surface area (Å²) in [6, 6.07) is 3.75. The van der Waals surface area contributed by atoms with E-state index in [9.17, 15) is 4.79 Å². The molecular weight excluding hydrogens is 288 g/mol. The van der Waals surface area contributed by atoms with Gasteiger partial charge < -0.3 is 20.7 Å². The van der Waals surface area contributed by atoms with Gasteiger partial charge in [0.1, 0.15) is 0 Å². The van der Waals surface area contributed by atoms with E-state index in [4.69, 9.17) is 22.7 Å². The zero-order chi connectivity index (χ0) is 15.1. The maximum absolute atomic E-state index is 12.4. The molecule has 1 aliphatic rings. The van der Waals surface area contributed by atoms with Crippen LogP contribution < -0.4 is 11.1 Å². The fourth-order valence-electron chi connectivity index (χ4n) is 2.12. The third kappa shape index (κ3) is 5.28. The topological polar surface area (TPSA) is 80.5 Å². The lowest BCUT2D eigenvalue weighted by molar-refractivity contribution is 0.177. The number of pyridine rings is 1. The lowest BCUT2D eigenvalue weighted by atomic mass is 10.2. The lowest BCUT2D eigenvalue weighted by Gasteiger charge is -2.24. The Bertz CT molecular complexity index is 477. The van der Waals surface area contributed by atoms with Crippen molar-refractivity contribution >= 4 is 23.2 Å². The summed E-state index contributed by atoms with van der Waals surface area (Å²) in [5, 5.41) is 2.98. The molecule has 0 radical (unpaired) electrons. The summed E-state index contributed by atoms with van der Waals surface area (Å²) >= 11 is 4.90. The van der Waals surface area contributed by atoms with Crippen LogP contribution in [0.25, 0.3) is 0 Å². The van der Waals surface area contributed by atoms with Crippen LogP contribution in [0.15, 0.2) is 24.5 Å². The first-order chi connectivity index (χ1) is 10.1. The third-order valence-electron chi connectivity index (χ3n) is 3.27. The van der Waals surface area contributed by atoms with Gasteiger partial charge in [0.25, 0.3) is 0 Å². The van der Waals surface area contributed by atoms with E-state index >= 15 is 0 Å². The van der Waals surface area contributed by atoms with Gasteiger partial charge in [-0.15, -0.1) is 0 Å². The van der Waals surface area contributed by atoms with Crippen LogP contribution in [0.4, 0.5) is 4.79 Å². The average molecular weight is 308 g/mol. The molecule has 0 spiro atoms. The van der Waals surface area contributed by atoms with Gasteiger partial charge in [0, 0.05) is 38.5 Å². The first-order valence-electron chi connectivity index (χ1n) is 6.95. The summed E-state index contributed by atoms with van der Waals surface area (Å²) in [7, 11) is 0. The SMILES string of the molecule is NC(=S)CCN(Cc1cccnc1)C(=O)NC1CCOC1. The molecule has 3 N–H and O–H groups in total. The Morgan fingerprint density at radius 1 is 1.62 bits per heavy atom. The van der Waals surface area contributed by atoms with E-state index in [2.05, 4.69) is 10.3 Å². The van der Waals surface area contributed by atoms with Gasteiger partial charge in [-0.2, -0.15) is 0 Å². The standard InChI is InChI=1S/C14H20N4O2S/c15-13(21)3-6-18(9-11-2-1-5-16-8-11)14(19)17-12-4-7-20-10-12/h1-2,5,8,12H,3-4,6-7,9-10H2,(H2,15,21)(H,17,19). The number of carbonyl (C=O) groups is 1. The van der Waals surface area contributed by atoms with Gasteiger partial charge >= 0.3 is 6.03 Å². The number of rotatable bonds is 6. The Morgan fingerprint density at radius 3 is 3.10 bits per heavy atom. The van der Waals surface area contributed by atoms with Crippen LogP contribution >= 0.6 is 12.2 Å². The zero-order valence-corrected chi connectivity index (χ0v) is 12.6. The van der Waals surface area contributed by atoms with Crippen LogP contribution in [0.3, 0.4) is 0 Å². The van der Waals surface area contributed by atoms with Crippen molar-refractivity contribution in [1.82, 2.24) is 15.2 Å². The number of aromatic nitrogens is 1. The highest BCUT2D eigenvalue weighted by molar-refractivity contribution is 7.80. The molecule has 1 aliphatic heterocycles. The molecule has 1 aromatic heterocycles. The first kappa shape index (κ1) is 15.7. The summed E-state index contributed by atoms with van der Waals surface area (Å²) in [6.07, 6.45) is 4.81. The minimum atomic E-state index is -0.120. The van der Waals surface area contributed by atoms with E-state index in [0.717, 1.165) is 12.0 Å². The molecule has 2 heterocycles. The van der Waals surface area contributed by atoms with Crippen molar-refractivity contribution in [2.24, 2.45) is 5.73 Å². The molecule has 0 bridgehead atoms. The zero-order valence-electron chi connectivity index (χ0n) is 11.8. The Morgan fingerprint density at radius 2 is 2.48 bits per heavy atom. The molecule has 1 unspecified atom stereocenters. The number of nitrogens with two attached hydrogens (primary N) is 1. The van der Waals surface area contributed by atoms with Crippen LogP contribution in [0.2, 0.25) is 0 Å². The third-order valence-corrected chi connectivity index (χ3v) is 3.47. The van der Waals surface area contributed by atoms with Crippen molar-refractivity contribution in [3.05, 3.63) is 30.1 Å².